The zero-order chi connectivity index (χ0) is 25.0. The number of carbonyl (C=O) groups is 2. The summed E-state index contributed by atoms with van der Waals surface area (Å²) in [5, 5.41) is 10.0. The predicted molar refractivity (Wildman–Crippen MR) is 120 cm³/mol. The fourth-order valence-electron chi connectivity index (χ4n) is 3.89. The van der Waals surface area contributed by atoms with Crippen LogP contribution in [0.2, 0.25) is 0 Å². The molecule has 0 aliphatic rings. The molecule has 2 aromatic carbocycles. The van der Waals surface area contributed by atoms with Crippen LogP contribution >= 0.6 is 0 Å². The molecule has 2 rings (SSSR count). The molecule has 0 saturated heterocycles. The molecule has 0 aromatic heterocycles. The zero-order valence-electron chi connectivity index (χ0n) is 20.0. The van der Waals surface area contributed by atoms with Gasteiger partial charge in [-0.3, -0.25) is 0 Å². The van der Waals surface area contributed by atoms with E-state index < -0.39 is 24.8 Å². The fraction of sp³-hybridized carbons (Fsp3) is 0.440. The smallest absolute Gasteiger partial charge is 0.344 e. The molecule has 2 aromatic rings. The average Bonchev–Trinajstić information content (AvgIpc) is 2.73. The monoisotopic (exact) mass is 464 g/mol. The first-order valence-corrected chi connectivity index (χ1v) is 10.5. The Morgan fingerprint density at radius 1 is 0.909 bits per heavy atom. The third-order valence-electron chi connectivity index (χ3n) is 5.97. The lowest BCUT2D eigenvalue weighted by Crippen LogP contribution is -2.19. The summed E-state index contributed by atoms with van der Waals surface area (Å²) in [4.78, 5) is 25.8. The number of benzene rings is 2. The van der Waals surface area contributed by atoms with Crippen LogP contribution in [0, 0.1) is 41.5 Å². The van der Waals surface area contributed by atoms with Crippen LogP contribution in [0.5, 0.6) is 11.5 Å². The molecule has 6 nitrogen and oxygen atoms in total. The first-order chi connectivity index (χ1) is 15.4. The van der Waals surface area contributed by atoms with E-state index in [4.69, 9.17) is 14.2 Å². The molecule has 0 aliphatic carbocycles. The molecule has 1 N–H and O–H groups in total. The van der Waals surface area contributed by atoms with Gasteiger partial charge in [0.15, 0.2) is 6.79 Å². The Kier molecular flexibility index (Phi) is 8.55. The molecule has 0 saturated carbocycles. The van der Waals surface area contributed by atoms with Crippen LogP contribution in [0.25, 0.3) is 0 Å². The van der Waals surface area contributed by atoms with E-state index in [9.17, 15) is 23.5 Å². The predicted octanol–water partition coefficient (Wildman–Crippen LogP) is 5.42. The lowest BCUT2D eigenvalue weighted by atomic mass is 9.90. The minimum absolute atomic E-state index is 0.0703. The minimum atomic E-state index is -2.57. The van der Waals surface area contributed by atoms with Crippen molar-refractivity contribution in [3.05, 3.63) is 56.1 Å². The summed E-state index contributed by atoms with van der Waals surface area (Å²) in [6.07, 6.45) is -3.12. The van der Waals surface area contributed by atoms with Crippen molar-refractivity contribution in [2.45, 2.75) is 60.8 Å². The molecule has 0 radical (unpaired) electrons. The average molecular weight is 465 g/mol. The van der Waals surface area contributed by atoms with Crippen LogP contribution in [0.1, 0.15) is 66.1 Å². The number of carbonyl (C=O) groups excluding carboxylic acids is 2. The number of aryl methyl sites for hydroxylation is 1. The molecule has 0 spiro atoms. The third kappa shape index (κ3) is 5.50. The zero-order valence-corrected chi connectivity index (χ0v) is 20.0. The van der Waals surface area contributed by atoms with Crippen molar-refractivity contribution in [2.75, 3.05) is 13.9 Å². The summed E-state index contributed by atoms with van der Waals surface area (Å²) in [5.41, 5.74) is 3.94. The number of alkyl halides is 2. The maximum absolute atomic E-state index is 13.2. The number of halogens is 2. The topological polar surface area (TPSA) is 82.1 Å². The molecule has 0 aliphatic heterocycles. The van der Waals surface area contributed by atoms with Gasteiger partial charge in [-0.2, -0.15) is 0 Å². The quantitative estimate of drug-likeness (QED) is 0.319. The van der Waals surface area contributed by atoms with Gasteiger partial charge < -0.3 is 19.3 Å². The second-order valence-corrected chi connectivity index (χ2v) is 8.05. The van der Waals surface area contributed by atoms with Gasteiger partial charge in [-0.05, 0) is 93.0 Å². The normalized spacial score (nSPS) is 11.1. The van der Waals surface area contributed by atoms with Gasteiger partial charge in [0, 0.05) is 13.5 Å². The second-order valence-electron chi connectivity index (χ2n) is 8.05. The molecule has 0 atom stereocenters. The van der Waals surface area contributed by atoms with Crippen molar-refractivity contribution in [3.63, 3.8) is 0 Å². The Morgan fingerprint density at radius 2 is 1.52 bits per heavy atom. The van der Waals surface area contributed by atoms with Crippen molar-refractivity contribution in [1.82, 2.24) is 0 Å². The van der Waals surface area contributed by atoms with Crippen LogP contribution in [-0.2, 0) is 15.9 Å². The lowest BCUT2D eigenvalue weighted by molar-refractivity contribution is -0.0126. The first-order valence-electron chi connectivity index (χ1n) is 10.5. The SMILES string of the molecule is COCOC(=O)c1c(C)c(C)c(OC(=O)c2c(C)cc(O)c(C)c2C)c(CCC(F)F)c1C. The Hall–Kier alpha value is -3.00. The highest BCUT2D eigenvalue weighted by atomic mass is 19.3. The number of ether oxygens (including phenoxy) is 3. The molecule has 8 heteroatoms. The van der Waals surface area contributed by atoms with Crippen molar-refractivity contribution < 1.29 is 37.7 Å². The number of phenolic OH excluding ortho intramolecular Hbond substituents is 1. The van der Waals surface area contributed by atoms with Gasteiger partial charge in [0.2, 0.25) is 6.43 Å². The minimum Gasteiger partial charge on any atom is -0.508 e. The lowest BCUT2D eigenvalue weighted by Gasteiger charge is -2.22. The molecule has 0 heterocycles. The maximum Gasteiger partial charge on any atom is 0.344 e. The highest BCUT2D eigenvalue weighted by molar-refractivity contribution is 5.97. The van der Waals surface area contributed by atoms with Gasteiger partial charge >= 0.3 is 11.9 Å². The van der Waals surface area contributed by atoms with E-state index in [1.54, 1.807) is 41.5 Å². The third-order valence-corrected chi connectivity index (χ3v) is 5.97. The number of hydrogen-bond acceptors (Lipinski definition) is 6. The largest absolute Gasteiger partial charge is 0.508 e. The van der Waals surface area contributed by atoms with Crippen LogP contribution in [0.15, 0.2) is 6.07 Å². The van der Waals surface area contributed by atoms with Crippen LogP contribution in [-0.4, -0.2) is 37.4 Å². The van der Waals surface area contributed by atoms with Crippen molar-refractivity contribution >= 4 is 11.9 Å². The molecule has 0 amide bonds. The number of aromatic hydroxyl groups is 1. The summed E-state index contributed by atoms with van der Waals surface area (Å²) < 4.78 is 41.8. The Labute approximate surface area is 192 Å². The van der Waals surface area contributed by atoms with Gasteiger partial charge in [-0.1, -0.05) is 0 Å². The summed E-state index contributed by atoms with van der Waals surface area (Å²) in [6.45, 7) is 9.79. The van der Waals surface area contributed by atoms with Crippen LogP contribution < -0.4 is 4.74 Å². The fourth-order valence-corrected chi connectivity index (χ4v) is 3.89. The summed E-state index contributed by atoms with van der Waals surface area (Å²) in [5.74, 6) is -1.08. The van der Waals surface area contributed by atoms with E-state index in [0.29, 0.717) is 44.5 Å². The van der Waals surface area contributed by atoms with Gasteiger partial charge in [0.25, 0.3) is 0 Å². The van der Waals surface area contributed by atoms with E-state index in [-0.39, 0.29) is 30.3 Å². The molecule has 0 bridgehead atoms. The van der Waals surface area contributed by atoms with E-state index >= 15 is 0 Å². The van der Waals surface area contributed by atoms with E-state index in [0.717, 1.165) is 0 Å². The summed E-state index contributed by atoms with van der Waals surface area (Å²) >= 11 is 0. The van der Waals surface area contributed by atoms with Crippen molar-refractivity contribution in [2.24, 2.45) is 0 Å². The van der Waals surface area contributed by atoms with Crippen LogP contribution in [0.3, 0.4) is 0 Å². The van der Waals surface area contributed by atoms with Crippen molar-refractivity contribution in [1.29, 1.82) is 0 Å². The molecular formula is C25H30F2O6. The van der Waals surface area contributed by atoms with Crippen molar-refractivity contribution in [3.8, 4) is 11.5 Å². The Bertz CT molecular complexity index is 1080. The highest BCUT2D eigenvalue weighted by Gasteiger charge is 2.27. The highest BCUT2D eigenvalue weighted by Crippen LogP contribution is 2.36. The number of rotatable bonds is 8. The number of phenols is 1. The second kappa shape index (κ2) is 10.7. The summed E-state index contributed by atoms with van der Waals surface area (Å²) in [7, 11) is 1.38. The number of hydrogen-bond donors (Lipinski definition) is 1. The summed E-state index contributed by atoms with van der Waals surface area (Å²) in [6, 6.07) is 1.48. The Balaban J connectivity index is 2.63. The van der Waals surface area contributed by atoms with Gasteiger partial charge in [0.05, 0.1) is 11.1 Å². The number of esters is 2. The van der Waals surface area contributed by atoms with E-state index in [2.05, 4.69) is 0 Å². The number of methoxy groups -OCH3 is 1. The maximum atomic E-state index is 13.2. The molecule has 0 unspecified atom stereocenters. The molecular weight excluding hydrogens is 434 g/mol. The first kappa shape index (κ1) is 26.3. The van der Waals surface area contributed by atoms with E-state index in [1.807, 2.05) is 0 Å². The van der Waals surface area contributed by atoms with Crippen LogP contribution in [0.4, 0.5) is 8.78 Å². The van der Waals surface area contributed by atoms with Gasteiger partial charge in [-0.15, -0.1) is 0 Å². The standard InChI is InChI=1S/C25H30F2O6/c1-12-10-19(28)13(2)14(3)21(12)25(30)33-23-16(5)15(4)22(24(29)32-11-31-7)17(6)18(23)8-9-20(26)27/h10,20,28H,8-9,11H2,1-7H3. The van der Waals surface area contributed by atoms with Gasteiger partial charge in [0.1, 0.15) is 11.5 Å². The molecule has 180 valence electrons. The molecule has 0 fully saturated rings. The molecule has 33 heavy (non-hydrogen) atoms. The van der Waals surface area contributed by atoms with Gasteiger partial charge in [-0.25, -0.2) is 18.4 Å². The van der Waals surface area contributed by atoms with E-state index in [1.165, 1.54) is 13.2 Å². The Morgan fingerprint density at radius 3 is 2.09 bits per heavy atom.